The number of hydrogen-bond acceptors (Lipinski definition) is 3. The van der Waals surface area contributed by atoms with Crippen LogP contribution in [0.3, 0.4) is 0 Å². The third-order valence-corrected chi connectivity index (χ3v) is 8.32. The van der Waals surface area contributed by atoms with Gasteiger partial charge >= 0.3 is 24.5 Å². The van der Waals surface area contributed by atoms with Gasteiger partial charge in [-0.05, 0) is 63.4 Å². The molecule has 0 aromatic heterocycles. The molecule has 0 aliphatic heterocycles. The van der Waals surface area contributed by atoms with E-state index in [4.69, 9.17) is 9.47 Å². The molecule has 2 aliphatic rings. The molecule has 2 aromatic carbocycles. The van der Waals surface area contributed by atoms with Crippen LogP contribution in [0.15, 0.2) is 36.4 Å². The molecule has 0 N–H and O–H groups in total. The molecule has 2 aliphatic carbocycles. The van der Waals surface area contributed by atoms with Crippen molar-refractivity contribution >= 4 is 0 Å². The van der Waals surface area contributed by atoms with Crippen molar-refractivity contribution in [3.05, 3.63) is 64.7 Å². The van der Waals surface area contributed by atoms with E-state index in [0.717, 1.165) is 18.4 Å². The van der Waals surface area contributed by atoms with Gasteiger partial charge in [0.05, 0.1) is 29.6 Å². The van der Waals surface area contributed by atoms with Gasteiger partial charge in [-0.1, -0.05) is 37.6 Å². The lowest BCUT2D eigenvalue weighted by Gasteiger charge is -2.38. The monoisotopic (exact) mass is 662 g/mol. The van der Waals surface area contributed by atoms with Gasteiger partial charge in [-0.3, -0.25) is 0 Å². The van der Waals surface area contributed by atoms with Crippen LogP contribution in [0.1, 0.15) is 81.4 Å². The Hall–Kier alpha value is -2.61. The molecule has 0 radical (unpaired) electrons. The molecule has 2 aromatic rings. The van der Waals surface area contributed by atoms with Crippen LogP contribution < -0.4 is 4.74 Å². The van der Waals surface area contributed by atoms with Crippen LogP contribution in [-0.4, -0.2) is 24.4 Å². The van der Waals surface area contributed by atoms with Crippen LogP contribution in [0.5, 0.6) is 5.75 Å². The maximum atomic E-state index is 15.0. The molecule has 0 atom stereocenters. The van der Waals surface area contributed by atoms with Gasteiger partial charge in [0.1, 0.15) is 22.9 Å². The highest BCUT2D eigenvalue weighted by Crippen LogP contribution is 2.45. The topological polar surface area (TPSA) is 27.7 Å². The molecule has 0 spiro atoms. The van der Waals surface area contributed by atoms with Crippen molar-refractivity contribution in [2.45, 2.75) is 108 Å². The van der Waals surface area contributed by atoms with Crippen molar-refractivity contribution in [3.63, 3.8) is 0 Å². The number of hydrogen-bond donors (Lipinski definition) is 0. The van der Waals surface area contributed by atoms with Gasteiger partial charge < -0.3 is 14.2 Å². The second-order valence-electron chi connectivity index (χ2n) is 11.6. The van der Waals surface area contributed by atoms with Gasteiger partial charge in [0.15, 0.2) is 0 Å². The second kappa shape index (κ2) is 13.6. The third kappa shape index (κ3) is 8.81. The Bertz CT molecular complexity index is 1240. The molecule has 0 amide bonds. The molecule has 2 fully saturated rings. The Kier molecular flexibility index (Phi) is 10.7. The molecule has 0 bridgehead atoms. The Labute approximate surface area is 253 Å². The minimum atomic E-state index is -5.39. The molecule has 0 saturated heterocycles. The number of rotatable bonds is 11. The van der Waals surface area contributed by atoms with Crippen molar-refractivity contribution in [1.29, 1.82) is 0 Å². The zero-order valence-corrected chi connectivity index (χ0v) is 24.2. The highest BCUT2D eigenvalue weighted by Gasteiger charge is 2.49. The Morgan fingerprint density at radius 2 is 1.11 bits per heavy atom. The fraction of sp³-hybridized carbons (Fsp3) is 0.613. The Balaban J connectivity index is 1.25. The first-order valence-corrected chi connectivity index (χ1v) is 14.7. The predicted molar refractivity (Wildman–Crippen MR) is 140 cm³/mol. The van der Waals surface area contributed by atoms with Crippen LogP contribution in [0, 0.1) is 23.5 Å². The largest absolute Gasteiger partial charge is 0.432 e. The van der Waals surface area contributed by atoms with Gasteiger partial charge in [-0.15, -0.1) is 0 Å². The number of alkyl halides is 9. The lowest BCUT2D eigenvalue weighted by molar-refractivity contribution is -0.314. The Morgan fingerprint density at radius 3 is 1.58 bits per heavy atom. The van der Waals surface area contributed by atoms with Crippen molar-refractivity contribution in [2.24, 2.45) is 11.8 Å². The van der Waals surface area contributed by atoms with Crippen LogP contribution in [0.25, 0.3) is 0 Å². The van der Waals surface area contributed by atoms with Gasteiger partial charge in [-0.25, -0.2) is 8.78 Å². The van der Waals surface area contributed by atoms with Crippen LogP contribution in [0.4, 0.5) is 48.3 Å². The van der Waals surface area contributed by atoms with Crippen molar-refractivity contribution in [1.82, 2.24) is 0 Å². The summed E-state index contributed by atoms with van der Waals surface area (Å²) in [4.78, 5) is 0. The quantitative estimate of drug-likeness (QED) is 0.224. The molecule has 4 rings (SSSR count). The average molecular weight is 663 g/mol. The summed E-state index contributed by atoms with van der Waals surface area (Å²) in [6.45, 7) is 1.96. The second-order valence-corrected chi connectivity index (χ2v) is 11.6. The standard InChI is InChI=1S/C31H33F11O3/c1-2-3-18-4-6-19(7-5-18)29(37,38)43-22-12-8-20(9-13-22)30(39,40)44-23-14-10-21(11-15-23)31(41,42)45-24-16-25(32)27(26(33)17-24)28(34,35)36/h4-7,16-17,20-23H,2-3,8-15H2,1H3. The molecule has 2 saturated carbocycles. The minimum Gasteiger partial charge on any atom is -0.432 e. The Morgan fingerprint density at radius 1 is 0.644 bits per heavy atom. The summed E-state index contributed by atoms with van der Waals surface area (Å²) >= 11 is 0. The van der Waals surface area contributed by atoms with Gasteiger partial charge in [0.2, 0.25) is 0 Å². The van der Waals surface area contributed by atoms with Crippen molar-refractivity contribution < 1.29 is 62.5 Å². The zero-order valence-electron chi connectivity index (χ0n) is 24.2. The number of halogens is 11. The molecule has 0 unspecified atom stereocenters. The third-order valence-electron chi connectivity index (χ3n) is 8.32. The van der Waals surface area contributed by atoms with E-state index in [9.17, 15) is 39.5 Å². The van der Waals surface area contributed by atoms with E-state index in [1.54, 1.807) is 12.1 Å². The SMILES string of the molecule is CCCc1ccc(C(F)(F)OC2CCC(C(F)(F)OC3CCC(C(F)(F)Oc4cc(F)c(C(F)(F)F)c(F)c4)CC3)CC2)cc1. The smallest absolute Gasteiger partial charge is 0.422 e. The number of ether oxygens (including phenoxy) is 3. The average Bonchev–Trinajstić information content (AvgIpc) is 2.92. The summed E-state index contributed by atoms with van der Waals surface area (Å²) in [5.74, 6) is -8.30. The summed E-state index contributed by atoms with van der Waals surface area (Å²) in [6.07, 6.45) is -18.9. The summed E-state index contributed by atoms with van der Waals surface area (Å²) in [5, 5.41) is 0. The van der Waals surface area contributed by atoms with E-state index in [-0.39, 0.29) is 69.1 Å². The van der Waals surface area contributed by atoms with Gasteiger partial charge in [-0.2, -0.15) is 39.5 Å². The van der Waals surface area contributed by atoms with E-state index in [2.05, 4.69) is 4.74 Å². The van der Waals surface area contributed by atoms with E-state index < -0.39 is 71.5 Å². The fourth-order valence-electron chi connectivity index (χ4n) is 5.90. The highest BCUT2D eigenvalue weighted by atomic mass is 19.4. The van der Waals surface area contributed by atoms with E-state index in [0.29, 0.717) is 0 Å². The molecular formula is C31H33F11O3. The van der Waals surface area contributed by atoms with Crippen LogP contribution in [-0.2, 0) is 28.2 Å². The molecule has 0 heterocycles. The molecule has 14 heteroatoms. The minimum absolute atomic E-state index is 0.000698. The van der Waals surface area contributed by atoms with Gasteiger partial charge in [0, 0.05) is 12.1 Å². The van der Waals surface area contributed by atoms with Crippen molar-refractivity contribution in [2.75, 3.05) is 0 Å². The lowest BCUT2D eigenvalue weighted by atomic mass is 9.85. The summed E-state index contributed by atoms with van der Waals surface area (Å²) in [7, 11) is 0. The molecule has 3 nitrogen and oxygen atoms in total. The molecular weight excluding hydrogens is 629 g/mol. The fourth-order valence-corrected chi connectivity index (χ4v) is 5.90. The van der Waals surface area contributed by atoms with Crippen molar-refractivity contribution in [3.8, 4) is 5.75 Å². The first-order chi connectivity index (χ1) is 20.9. The van der Waals surface area contributed by atoms with E-state index >= 15 is 8.78 Å². The first-order valence-electron chi connectivity index (χ1n) is 14.7. The summed E-state index contributed by atoms with van der Waals surface area (Å²) in [5.41, 5.74) is -1.67. The van der Waals surface area contributed by atoms with Crippen LogP contribution >= 0.6 is 0 Å². The molecule has 45 heavy (non-hydrogen) atoms. The zero-order chi connectivity index (χ0) is 33.2. The van der Waals surface area contributed by atoms with Crippen LogP contribution in [0.2, 0.25) is 0 Å². The maximum absolute atomic E-state index is 15.0. The highest BCUT2D eigenvalue weighted by molar-refractivity contribution is 5.32. The summed E-state index contributed by atoms with van der Waals surface area (Å²) < 4.78 is 169. The molecule has 252 valence electrons. The normalized spacial score (nSPS) is 23.6. The maximum Gasteiger partial charge on any atom is 0.422 e. The van der Waals surface area contributed by atoms with E-state index in [1.165, 1.54) is 12.1 Å². The first kappa shape index (κ1) is 35.2. The van der Waals surface area contributed by atoms with E-state index in [1.807, 2.05) is 6.92 Å². The summed E-state index contributed by atoms with van der Waals surface area (Å²) in [6, 6.07) is 5.75. The number of benzene rings is 2. The predicted octanol–water partition coefficient (Wildman–Crippen LogP) is 10.4. The lowest BCUT2D eigenvalue weighted by Crippen LogP contribution is -2.43. The van der Waals surface area contributed by atoms with Gasteiger partial charge in [0.25, 0.3) is 0 Å². The number of aryl methyl sites for hydroxylation is 1.